The molecule has 0 aliphatic heterocycles. The molecule has 0 rings (SSSR count). The summed E-state index contributed by atoms with van der Waals surface area (Å²) in [5, 5.41) is 0. The Hall–Kier alpha value is 1.82. The van der Waals surface area contributed by atoms with Crippen molar-refractivity contribution in [1.29, 1.82) is 0 Å². The Balaban J connectivity index is -0.000000154. The Kier molecular flexibility index (Phi) is 29.4. The zero-order valence-electron chi connectivity index (χ0n) is 15.8. The fourth-order valence-electron chi connectivity index (χ4n) is 1.76. The third-order valence-corrected chi connectivity index (χ3v) is 4.57. The van der Waals surface area contributed by atoms with E-state index in [0.29, 0.717) is 12.8 Å². The van der Waals surface area contributed by atoms with Gasteiger partial charge in [0.1, 0.15) is 0 Å². The molecular formula is C14H30Na2O6S2. The van der Waals surface area contributed by atoms with Gasteiger partial charge in [0.25, 0.3) is 0 Å². The van der Waals surface area contributed by atoms with Crippen LogP contribution in [0.2, 0.25) is 0 Å². The first-order valence-corrected chi connectivity index (χ1v) is 11.1. The molecule has 0 radical (unpaired) electrons. The Morgan fingerprint density at radius 1 is 0.542 bits per heavy atom. The van der Waals surface area contributed by atoms with Crippen LogP contribution in [0.3, 0.4) is 0 Å². The smallest absolute Gasteiger partial charge is 0.748 e. The summed E-state index contributed by atoms with van der Waals surface area (Å²) in [5.74, 6) is -0.395. The third kappa shape index (κ3) is 39.1. The standard InChI is InChI=1S/2C7H16O3S.2Na/c2*1-2-3-4-5-6-7-11(8,9)10;;/h2*2-7H2,1H3,(H,8,9,10);;/q;;2*+1/p-2. The maximum absolute atomic E-state index is 10.1. The second kappa shape index (κ2) is 21.1. The van der Waals surface area contributed by atoms with Crippen LogP contribution in [0.1, 0.15) is 78.1 Å². The maximum Gasteiger partial charge on any atom is 1.00 e. The summed E-state index contributed by atoms with van der Waals surface area (Å²) < 4.78 is 60.7. The average molecular weight is 405 g/mol. The Morgan fingerprint density at radius 2 is 0.792 bits per heavy atom. The van der Waals surface area contributed by atoms with Crippen LogP contribution in [0.15, 0.2) is 0 Å². The number of rotatable bonds is 12. The number of hydrogen-bond donors (Lipinski definition) is 0. The van der Waals surface area contributed by atoms with Gasteiger partial charge in [-0.3, -0.25) is 0 Å². The van der Waals surface area contributed by atoms with Crippen LogP contribution >= 0.6 is 0 Å². The molecule has 0 atom stereocenters. The molecule has 0 fully saturated rings. The van der Waals surface area contributed by atoms with Gasteiger partial charge in [0.05, 0.1) is 20.2 Å². The van der Waals surface area contributed by atoms with E-state index in [0.717, 1.165) is 51.4 Å². The number of hydrogen-bond acceptors (Lipinski definition) is 6. The normalized spacial score (nSPS) is 10.8. The summed E-state index contributed by atoms with van der Waals surface area (Å²) in [7, 11) is -7.92. The van der Waals surface area contributed by atoms with Gasteiger partial charge in [0.2, 0.25) is 0 Å². The molecule has 0 saturated heterocycles. The summed E-state index contributed by atoms with van der Waals surface area (Å²) in [5.41, 5.74) is 0. The minimum atomic E-state index is -3.96. The van der Waals surface area contributed by atoms with Gasteiger partial charge in [-0.05, 0) is 12.8 Å². The Morgan fingerprint density at radius 3 is 1.00 bits per heavy atom. The van der Waals surface area contributed by atoms with Crippen molar-refractivity contribution >= 4 is 20.2 Å². The van der Waals surface area contributed by atoms with E-state index >= 15 is 0 Å². The van der Waals surface area contributed by atoms with Gasteiger partial charge in [-0.15, -0.1) is 0 Å². The molecule has 10 heteroatoms. The number of unbranched alkanes of at least 4 members (excludes halogenated alkanes) is 8. The first-order chi connectivity index (χ1) is 10.1. The fourth-order valence-corrected chi connectivity index (χ4v) is 2.88. The second-order valence-electron chi connectivity index (χ2n) is 5.35. The first kappa shape index (κ1) is 33.4. The molecule has 24 heavy (non-hydrogen) atoms. The van der Waals surface area contributed by atoms with E-state index in [4.69, 9.17) is 0 Å². The van der Waals surface area contributed by atoms with Gasteiger partial charge in [0.15, 0.2) is 0 Å². The van der Waals surface area contributed by atoms with E-state index in [9.17, 15) is 25.9 Å². The van der Waals surface area contributed by atoms with Gasteiger partial charge in [-0.1, -0.05) is 65.2 Å². The molecule has 0 aromatic heterocycles. The van der Waals surface area contributed by atoms with Crippen LogP contribution in [0.4, 0.5) is 0 Å². The van der Waals surface area contributed by atoms with Crippen molar-refractivity contribution in [1.82, 2.24) is 0 Å². The minimum Gasteiger partial charge on any atom is -0.748 e. The fraction of sp³-hybridized carbons (Fsp3) is 1.00. The largest absolute Gasteiger partial charge is 1.00 e. The summed E-state index contributed by atoms with van der Waals surface area (Å²) in [6.07, 6.45) is 9.33. The van der Waals surface area contributed by atoms with Crippen LogP contribution in [-0.2, 0) is 20.2 Å². The van der Waals surface area contributed by atoms with Crippen molar-refractivity contribution in [3.63, 3.8) is 0 Å². The molecule has 136 valence electrons. The maximum atomic E-state index is 10.1. The van der Waals surface area contributed by atoms with Crippen LogP contribution < -0.4 is 59.1 Å². The molecule has 0 unspecified atom stereocenters. The van der Waals surface area contributed by atoms with Gasteiger partial charge in [-0.25, -0.2) is 16.8 Å². The van der Waals surface area contributed by atoms with Crippen molar-refractivity contribution in [2.75, 3.05) is 11.5 Å². The van der Waals surface area contributed by atoms with Gasteiger partial charge >= 0.3 is 59.1 Å². The minimum absolute atomic E-state index is 0. The quantitative estimate of drug-likeness (QED) is 0.195. The predicted octanol–water partition coefficient (Wildman–Crippen LogP) is -2.99. The van der Waals surface area contributed by atoms with Gasteiger partial charge in [-0.2, -0.15) is 0 Å². The molecule has 0 aromatic rings. The molecule has 0 N–H and O–H groups in total. The van der Waals surface area contributed by atoms with Crippen molar-refractivity contribution in [2.45, 2.75) is 78.1 Å². The van der Waals surface area contributed by atoms with E-state index in [2.05, 4.69) is 13.8 Å². The third-order valence-electron chi connectivity index (χ3n) is 3.00. The monoisotopic (exact) mass is 404 g/mol. The molecule has 0 aliphatic carbocycles. The van der Waals surface area contributed by atoms with Crippen molar-refractivity contribution in [2.24, 2.45) is 0 Å². The zero-order valence-corrected chi connectivity index (χ0v) is 21.4. The Bertz CT molecular complexity index is 396. The molecule has 0 spiro atoms. The molecular weight excluding hydrogens is 374 g/mol. The van der Waals surface area contributed by atoms with E-state index in [1.807, 2.05) is 0 Å². The van der Waals surface area contributed by atoms with E-state index in [-0.39, 0.29) is 70.6 Å². The summed E-state index contributed by atoms with van der Waals surface area (Å²) in [6, 6.07) is 0. The van der Waals surface area contributed by atoms with Crippen molar-refractivity contribution in [3.8, 4) is 0 Å². The van der Waals surface area contributed by atoms with Crippen LogP contribution in [0.25, 0.3) is 0 Å². The molecule has 0 aliphatic rings. The second-order valence-corrected chi connectivity index (χ2v) is 8.40. The average Bonchev–Trinajstić information content (AvgIpc) is 2.36. The van der Waals surface area contributed by atoms with Crippen molar-refractivity contribution in [3.05, 3.63) is 0 Å². The topological polar surface area (TPSA) is 114 Å². The predicted molar refractivity (Wildman–Crippen MR) is 86.6 cm³/mol. The van der Waals surface area contributed by atoms with Crippen LogP contribution in [0.5, 0.6) is 0 Å². The molecule has 0 heterocycles. The van der Waals surface area contributed by atoms with E-state index in [1.165, 1.54) is 0 Å². The van der Waals surface area contributed by atoms with Crippen LogP contribution in [-0.4, -0.2) is 37.4 Å². The summed E-state index contributed by atoms with van der Waals surface area (Å²) in [4.78, 5) is 0. The zero-order chi connectivity index (χ0) is 17.5. The Labute approximate surface area is 193 Å². The van der Waals surface area contributed by atoms with Gasteiger partial charge < -0.3 is 9.11 Å². The summed E-state index contributed by atoms with van der Waals surface area (Å²) in [6.45, 7) is 4.18. The van der Waals surface area contributed by atoms with Crippen molar-refractivity contribution < 1.29 is 85.1 Å². The van der Waals surface area contributed by atoms with E-state index < -0.39 is 20.2 Å². The van der Waals surface area contributed by atoms with Gasteiger partial charge in [0, 0.05) is 11.5 Å². The summed E-state index contributed by atoms with van der Waals surface area (Å²) >= 11 is 0. The molecule has 6 nitrogen and oxygen atoms in total. The SMILES string of the molecule is CCCCCCCS(=O)(=O)[O-].CCCCCCCS(=O)(=O)[O-].[Na+].[Na+]. The molecule has 0 bridgehead atoms. The van der Waals surface area contributed by atoms with E-state index in [1.54, 1.807) is 0 Å². The molecule has 0 amide bonds. The van der Waals surface area contributed by atoms with Crippen LogP contribution in [0, 0.1) is 0 Å². The molecule has 0 aromatic carbocycles. The first-order valence-electron chi connectivity index (χ1n) is 7.99. The molecule has 0 saturated carbocycles.